The minimum atomic E-state index is 0. The zero-order chi connectivity index (χ0) is 14.8. The second-order valence-electron chi connectivity index (χ2n) is 5.37. The summed E-state index contributed by atoms with van der Waals surface area (Å²) in [5.41, 5.74) is 9.25. The van der Waals surface area contributed by atoms with E-state index < -0.39 is 0 Å². The number of carbonyl (C=O) groups is 1. The molecule has 0 spiro atoms. The van der Waals surface area contributed by atoms with Crippen molar-refractivity contribution in [1.82, 2.24) is 9.88 Å². The molecular formula is C16H21Cl2N3OS. The summed E-state index contributed by atoms with van der Waals surface area (Å²) in [5, 5.41) is 4.09. The number of thiophene rings is 1. The summed E-state index contributed by atoms with van der Waals surface area (Å²) >= 11 is 1.65. The van der Waals surface area contributed by atoms with Crippen LogP contribution in [-0.2, 0) is 0 Å². The quantitative estimate of drug-likeness (QED) is 0.894. The Morgan fingerprint density at radius 3 is 2.78 bits per heavy atom. The summed E-state index contributed by atoms with van der Waals surface area (Å²) in [7, 11) is 0. The first-order valence-corrected chi connectivity index (χ1v) is 8.16. The molecule has 3 rings (SSSR count). The van der Waals surface area contributed by atoms with Crippen LogP contribution in [0.25, 0.3) is 11.3 Å². The monoisotopic (exact) mass is 373 g/mol. The Morgan fingerprint density at radius 2 is 2.17 bits per heavy atom. The number of aryl methyl sites for hydroxylation is 1. The fraction of sp³-hybridized carbons (Fsp3) is 0.375. The number of amides is 1. The minimum absolute atomic E-state index is 0. The van der Waals surface area contributed by atoms with Crippen molar-refractivity contribution >= 4 is 42.1 Å². The first-order valence-electron chi connectivity index (χ1n) is 7.22. The predicted octanol–water partition coefficient (Wildman–Crippen LogP) is 3.53. The van der Waals surface area contributed by atoms with Gasteiger partial charge in [-0.25, -0.2) is 0 Å². The molecule has 4 nitrogen and oxygen atoms in total. The molecular weight excluding hydrogens is 353 g/mol. The van der Waals surface area contributed by atoms with Crippen LogP contribution < -0.4 is 5.73 Å². The highest BCUT2D eigenvalue weighted by Crippen LogP contribution is 2.24. The average Bonchev–Trinajstić information content (AvgIpc) is 3.17. The van der Waals surface area contributed by atoms with Crippen molar-refractivity contribution in [3.63, 3.8) is 0 Å². The van der Waals surface area contributed by atoms with Gasteiger partial charge in [-0.15, -0.1) is 24.8 Å². The van der Waals surface area contributed by atoms with E-state index in [2.05, 4.69) is 10.4 Å². The van der Waals surface area contributed by atoms with Crippen LogP contribution in [0, 0.1) is 6.92 Å². The zero-order valence-electron chi connectivity index (χ0n) is 12.9. The summed E-state index contributed by atoms with van der Waals surface area (Å²) in [4.78, 5) is 19.2. The molecule has 126 valence electrons. The minimum Gasteiger partial charge on any atom is -0.334 e. The molecule has 0 bridgehead atoms. The highest BCUT2D eigenvalue weighted by atomic mass is 35.5. The standard InChI is InChI=1S/C16H19N3OS.2ClH/c1-11-14(16(20)19-7-2-3-13(19)9-17)4-5-15(18-11)12-6-8-21-10-12;;/h4-6,8,10,13H,2-3,7,9,17H2,1H3;2*1H. The normalized spacial score (nSPS) is 16.6. The van der Waals surface area contributed by atoms with Gasteiger partial charge in [0.2, 0.25) is 0 Å². The molecule has 0 radical (unpaired) electrons. The Morgan fingerprint density at radius 1 is 1.39 bits per heavy atom. The second kappa shape index (κ2) is 8.64. The van der Waals surface area contributed by atoms with Crippen LogP contribution in [0.15, 0.2) is 29.0 Å². The Bertz CT molecular complexity index is 649. The van der Waals surface area contributed by atoms with Gasteiger partial charge in [-0.1, -0.05) is 0 Å². The van der Waals surface area contributed by atoms with Gasteiger partial charge in [0.25, 0.3) is 5.91 Å². The lowest BCUT2D eigenvalue weighted by Crippen LogP contribution is -2.40. The van der Waals surface area contributed by atoms with Crippen LogP contribution >= 0.6 is 36.2 Å². The van der Waals surface area contributed by atoms with E-state index in [9.17, 15) is 4.79 Å². The van der Waals surface area contributed by atoms with Gasteiger partial charge in [0.1, 0.15) is 0 Å². The fourth-order valence-electron chi connectivity index (χ4n) is 2.86. The maximum atomic E-state index is 12.7. The molecule has 1 amide bonds. The molecule has 1 aliphatic rings. The Balaban J connectivity index is 0.00000132. The van der Waals surface area contributed by atoms with Crippen LogP contribution in [0.5, 0.6) is 0 Å². The second-order valence-corrected chi connectivity index (χ2v) is 6.15. The van der Waals surface area contributed by atoms with E-state index in [4.69, 9.17) is 5.73 Å². The van der Waals surface area contributed by atoms with E-state index in [0.717, 1.165) is 36.3 Å². The number of halogens is 2. The number of pyridine rings is 1. The van der Waals surface area contributed by atoms with Crippen LogP contribution in [0.2, 0.25) is 0 Å². The molecule has 0 aliphatic carbocycles. The van der Waals surface area contributed by atoms with E-state index in [1.807, 2.05) is 35.4 Å². The SMILES string of the molecule is Cc1nc(-c2ccsc2)ccc1C(=O)N1CCCC1CN.Cl.Cl. The lowest BCUT2D eigenvalue weighted by atomic mass is 10.1. The molecule has 1 fully saturated rings. The molecule has 1 unspecified atom stereocenters. The molecule has 1 aliphatic heterocycles. The number of nitrogens with zero attached hydrogens (tertiary/aromatic N) is 2. The van der Waals surface area contributed by atoms with Gasteiger partial charge in [-0.3, -0.25) is 9.78 Å². The van der Waals surface area contributed by atoms with Gasteiger partial charge in [0, 0.05) is 30.1 Å². The Kier molecular flexibility index (Phi) is 7.48. The number of aromatic nitrogens is 1. The lowest BCUT2D eigenvalue weighted by molar-refractivity contribution is 0.0740. The number of carbonyl (C=O) groups excluding carboxylic acids is 1. The Labute approximate surface area is 152 Å². The number of likely N-dealkylation sites (tertiary alicyclic amines) is 1. The number of rotatable bonds is 3. The summed E-state index contributed by atoms with van der Waals surface area (Å²) in [5.74, 6) is 0.0600. The third-order valence-electron chi connectivity index (χ3n) is 4.04. The zero-order valence-corrected chi connectivity index (χ0v) is 15.3. The van der Waals surface area contributed by atoms with Crippen LogP contribution in [0.4, 0.5) is 0 Å². The third-order valence-corrected chi connectivity index (χ3v) is 4.73. The fourth-order valence-corrected chi connectivity index (χ4v) is 3.51. The van der Waals surface area contributed by atoms with Gasteiger partial charge in [0.15, 0.2) is 0 Å². The van der Waals surface area contributed by atoms with Crippen LogP contribution in [0.1, 0.15) is 28.9 Å². The maximum Gasteiger partial charge on any atom is 0.255 e. The van der Waals surface area contributed by atoms with E-state index in [-0.39, 0.29) is 36.8 Å². The molecule has 2 N–H and O–H groups in total. The van der Waals surface area contributed by atoms with Crippen molar-refractivity contribution in [2.24, 2.45) is 5.73 Å². The third kappa shape index (κ3) is 4.04. The number of hydrogen-bond donors (Lipinski definition) is 1. The number of nitrogens with two attached hydrogens (primary N) is 1. The van der Waals surface area contributed by atoms with E-state index in [1.54, 1.807) is 11.3 Å². The highest BCUT2D eigenvalue weighted by molar-refractivity contribution is 7.08. The number of hydrogen-bond acceptors (Lipinski definition) is 4. The van der Waals surface area contributed by atoms with Crippen molar-refractivity contribution in [2.75, 3.05) is 13.1 Å². The molecule has 1 atom stereocenters. The Hall–Kier alpha value is -1.14. The van der Waals surface area contributed by atoms with Gasteiger partial charge in [0.05, 0.1) is 17.0 Å². The topological polar surface area (TPSA) is 59.2 Å². The van der Waals surface area contributed by atoms with Crippen molar-refractivity contribution in [3.8, 4) is 11.3 Å². The maximum absolute atomic E-state index is 12.7. The molecule has 7 heteroatoms. The molecule has 2 aromatic rings. The molecule has 3 heterocycles. The van der Waals surface area contributed by atoms with Gasteiger partial charge in [-0.2, -0.15) is 11.3 Å². The average molecular weight is 374 g/mol. The van der Waals surface area contributed by atoms with Crippen molar-refractivity contribution < 1.29 is 4.79 Å². The first-order chi connectivity index (χ1) is 10.2. The van der Waals surface area contributed by atoms with Gasteiger partial charge in [-0.05, 0) is 43.3 Å². The molecule has 1 saturated heterocycles. The lowest BCUT2D eigenvalue weighted by Gasteiger charge is -2.24. The van der Waals surface area contributed by atoms with Crippen molar-refractivity contribution in [3.05, 3.63) is 40.2 Å². The highest BCUT2D eigenvalue weighted by Gasteiger charge is 2.29. The predicted molar refractivity (Wildman–Crippen MR) is 99.9 cm³/mol. The molecule has 23 heavy (non-hydrogen) atoms. The van der Waals surface area contributed by atoms with E-state index in [0.29, 0.717) is 12.1 Å². The summed E-state index contributed by atoms with van der Waals surface area (Å²) < 4.78 is 0. The van der Waals surface area contributed by atoms with Crippen molar-refractivity contribution in [2.45, 2.75) is 25.8 Å². The summed E-state index contributed by atoms with van der Waals surface area (Å²) in [6, 6.07) is 6.03. The molecule has 0 saturated carbocycles. The molecule has 2 aromatic heterocycles. The van der Waals surface area contributed by atoms with E-state index in [1.165, 1.54) is 0 Å². The summed E-state index contributed by atoms with van der Waals surface area (Å²) in [6.07, 6.45) is 2.04. The largest absolute Gasteiger partial charge is 0.334 e. The van der Waals surface area contributed by atoms with Gasteiger partial charge < -0.3 is 10.6 Å². The van der Waals surface area contributed by atoms with Crippen LogP contribution in [-0.4, -0.2) is 34.9 Å². The van der Waals surface area contributed by atoms with Crippen LogP contribution in [0.3, 0.4) is 0 Å². The van der Waals surface area contributed by atoms with Crippen molar-refractivity contribution in [1.29, 1.82) is 0 Å². The van der Waals surface area contributed by atoms with Gasteiger partial charge >= 0.3 is 0 Å². The smallest absolute Gasteiger partial charge is 0.255 e. The first kappa shape index (κ1) is 19.9. The molecule has 0 aromatic carbocycles. The van der Waals surface area contributed by atoms with E-state index >= 15 is 0 Å². The summed E-state index contributed by atoms with van der Waals surface area (Å²) in [6.45, 7) is 3.23.